The molecule has 0 saturated carbocycles. The van der Waals surface area contributed by atoms with E-state index in [4.69, 9.17) is 9.26 Å². The van der Waals surface area contributed by atoms with Gasteiger partial charge >= 0.3 is 0 Å². The second-order valence-electron chi connectivity index (χ2n) is 6.45. The Morgan fingerprint density at radius 1 is 1.41 bits per heavy atom. The molecule has 1 amide bonds. The van der Waals surface area contributed by atoms with Crippen molar-refractivity contribution in [1.82, 2.24) is 30.2 Å². The van der Waals surface area contributed by atoms with Crippen molar-refractivity contribution in [2.24, 2.45) is 0 Å². The van der Waals surface area contributed by atoms with Crippen molar-refractivity contribution >= 4 is 5.91 Å². The summed E-state index contributed by atoms with van der Waals surface area (Å²) in [7, 11) is 0. The number of pyridine rings is 1. The highest BCUT2D eigenvalue weighted by Crippen LogP contribution is 2.20. The van der Waals surface area contributed by atoms with Crippen molar-refractivity contribution in [2.75, 3.05) is 13.2 Å². The van der Waals surface area contributed by atoms with Gasteiger partial charge in [-0.15, -0.1) is 0 Å². The molecule has 1 aliphatic rings. The molecular weight excluding hydrogens is 348 g/mol. The first-order valence-electron chi connectivity index (χ1n) is 8.83. The SMILES string of the molecule is Cc1noc(-c2ccnc(-n3ncc(C(=O)NCC4CCCO4)c3C)c2)n1. The fraction of sp³-hybridized carbons (Fsp3) is 0.389. The van der Waals surface area contributed by atoms with Crippen LogP contribution < -0.4 is 5.32 Å². The van der Waals surface area contributed by atoms with E-state index in [0.717, 1.165) is 25.0 Å². The normalized spacial score (nSPS) is 16.6. The average Bonchev–Trinajstić information content (AvgIpc) is 3.41. The van der Waals surface area contributed by atoms with E-state index in [0.29, 0.717) is 35.3 Å². The third kappa shape index (κ3) is 3.59. The van der Waals surface area contributed by atoms with Gasteiger partial charge in [-0.25, -0.2) is 9.67 Å². The molecule has 3 aromatic rings. The number of amides is 1. The molecule has 0 aromatic carbocycles. The van der Waals surface area contributed by atoms with Gasteiger partial charge in [-0.3, -0.25) is 4.79 Å². The molecule has 1 N–H and O–H groups in total. The largest absolute Gasteiger partial charge is 0.376 e. The summed E-state index contributed by atoms with van der Waals surface area (Å²) >= 11 is 0. The first-order valence-corrected chi connectivity index (χ1v) is 8.83. The van der Waals surface area contributed by atoms with Crippen molar-refractivity contribution in [2.45, 2.75) is 32.8 Å². The van der Waals surface area contributed by atoms with Crippen LogP contribution in [0.1, 0.15) is 34.7 Å². The molecule has 140 valence electrons. The van der Waals surface area contributed by atoms with Gasteiger partial charge in [-0.1, -0.05) is 5.16 Å². The zero-order valence-electron chi connectivity index (χ0n) is 15.2. The highest BCUT2D eigenvalue weighted by Gasteiger charge is 2.20. The number of nitrogens with zero attached hydrogens (tertiary/aromatic N) is 5. The van der Waals surface area contributed by atoms with Crippen LogP contribution in [0.5, 0.6) is 0 Å². The molecule has 0 bridgehead atoms. The van der Waals surface area contributed by atoms with Gasteiger partial charge < -0.3 is 14.6 Å². The number of aryl methyl sites for hydroxylation is 1. The standard InChI is InChI=1S/C18H20N6O3/c1-11-15(17(25)20-9-14-4-3-7-26-14)10-21-24(11)16-8-13(5-6-19-16)18-22-12(2)23-27-18/h5-6,8,10,14H,3-4,7,9H2,1-2H3,(H,20,25). The molecule has 9 nitrogen and oxygen atoms in total. The van der Waals surface area contributed by atoms with Crippen LogP contribution in [0, 0.1) is 13.8 Å². The van der Waals surface area contributed by atoms with E-state index >= 15 is 0 Å². The maximum absolute atomic E-state index is 12.5. The fourth-order valence-electron chi connectivity index (χ4n) is 3.05. The Morgan fingerprint density at radius 2 is 2.30 bits per heavy atom. The number of carbonyl (C=O) groups is 1. The Morgan fingerprint density at radius 3 is 3.04 bits per heavy atom. The van der Waals surface area contributed by atoms with Gasteiger partial charge in [0.05, 0.1) is 23.6 Å². The Bertz CT molecular complexity index is 958. The molecule has 1 aliphatic heterocycles. The van der Waals surface area contributed by atoms with E-state index in [1.54, 1.807) is 36.1 Å². The summed E-state index contributed by atoms with van der Waals surface area (Å²) in [6, 6.07) is 3.57. The van der Waals surface area contributed by atoms with Crippen molar-refractivity contribution in [3.63, 3.8) is 0 Å². The van der Waals surface area contributed by atoms with Crippen molar-refractivity contribution < 1.29 is 14.1 Å². The zero-order valence-corrected chi connectivity index (χ0v) is 15.2. The number of nitrogens with one attached hydrogen (secondary N) is 1. The van der Waals surface area contributed by atoms with Crippen LogP contribution in [0.3, 0.4) is 0 Å². The molecule has 0 aliphatic carbocycles. The minimum Gasteiger partial charge on any atom is -0.376 e. The van der Waals surface area contributed by atoms with Gasteiger partial charge in [-0.05, 0) is 38.8 Å². The Balaban J connectivity index is 1.54. The van der Waals surface area contributed by atoms with E-state index < -0.39 is 0 Å². The Kier molecular flexibility index (Phi) is 4.68. The van der Waals surface area contributed by atoms with Crippen LogP contribution in [0.15, 0.2) is 29.0 Å². The molecule has 4 heterocycles. The molecular formula is C18H20N6O3. The summed E-state index contributed by atoms with van der Waals surface area (Å²) < 4.78 is 12.4. The van der Waals surface area contributed by atoms with Gasteiger partial charge in [0.2, 0.25) is 0 Å². The quantitative estimate of drug-likeness (QED) is 0.732. The predicted octanol–water partition coefficient (Wildman–Crippen LogP) is 1.84. The van der Waals surface area contributed by atoms with Crippen LogP contribution in [-0.2, 0) is 4.74 Å². The number of rotatable bonds is 5. The van der Waals surface area contributed by atoms with Crippen LogP contribution in [0.25, 0.3) is 17.3 Å². The van der Waals surface area contributed by atoms with E-state index in [2.05, 4.69) is 25.5 Å². The van der Waals surface area contributed by atoms with E-state index in [1.165, 1.54) is 0 Å². The van der Waals surface area contributed by atoms with Gasteiger partial charge in [-0.2, -0.15) is 10.1 Å². The van der Waals surface area contributed by atoms with Gasteiger partial charge in [0.15, 0.2) is 11.6 Å². The van der Waals surface area contributed by atoms with E-state index in [1.807, 2.05) is 6.92 Å². The Hall–Kier alpha value is -3.07. The summed E-state index contributed by atoms with van der Waals surface area (Å²) in [6.07, 6.45) is 5.30. The molecule has 0 spiro atoms. The lowest BCUT2D eigenvalue weighted by molar-refractivity contribution is 0.0857. The molecule has 1 unspecified atom stereocenters. The molecule has 3 aromatic heterocycles. The topological polar surface area (TPSA) is 108 Å². The molecule has 1 fully saturated rings. The maximum atomic E-state index is 12.5. The maximum Gasteiger partial charge on any atom is 0.258 e. The molecule has 27 heavy (non-hydrogen) atoms. The van der Waals surface area contributed by atoms with Crippen molar-refractivity contribution in [3.05, 3.63) is 41.6 Å². The van der Waals surface area contributed by atoms with Crippen LogP contribution in [0.4, 0.5) is 0 Å². The lowest BCUT2D eigenvalue weighted by Crippen LogP contribution is -2.32. The van der Waals surface area contributed by atoms with Crippen molar-refractivity contribution in [3.8, 4) is 17.3 Å². The monoisotopic (exact) mass is 368 g/mol. The molecule has 0 radical (unpaired) electrons. The third-order valence-corrected chi connectivity index (χ3v) is 4.51. The van der Waals surface area contributed by atoms with Gasteiger partial charge in [0.25, 0.3) is 11.8 Å². The zero-order chi connectivity index (χ0) is 18.8. The molecule has 4 rings (SSSR count). The number of carbonyl (C=O) groups excluding carboxylic acids is 1. The minimum absolute atomic E-state index is 0.0977. The second kappa shape index (κ2) is 7.28. The number of hydrogen-bond donors (Lipinski definition) is 1. The third-order valence-electron chi connectivity index (χ3n) is 4.51. The molecule has 1 saturated heterocycles. The minimum atomic E-state index is -0.169. The summed E-state index contributed by atoms with van der Waals surface area (Å²) in [5.41, 5.74) is 1.94. The van der Waals surface area contributed by atoms with Crippen LogP contribution in [-0.4, -0.2) is 50.1 Å². The summed E-state index contributed by atoms with van der Waals surface area (Å²) in [4.78, 5) is 21.1. The number of hydrogen-bond acceptors (Lipinski definition) is 7. The fourth-order valence-corrected chi connectivity index (χ4v) is 3.05. The summed E-state index contributed by atoms with van der Waals surface area (Å²) in [6.45, 7) is 4.86. The first-order chi connectivity index (χ1) is 13.1. The number of ether oxygens (including phenoxy) is 1. The van der Waals surface area contributed by atoms with Gasteiger partial charge in [0, 0.05) is 24.9 Å². The first kappa shape index (κ1) is 17.3. The van der Waals surface area contributed by atoms with E-state index in [9.17, 15) is 4.79 Å². The average molecular weight is 368 g/mol. The summed E-state index contributed by atoms with van der Waals surface area (Å²) in [5.74, 6) is 1.37. The predicted molar refractivity (Wildman–Crippen MR) is 95.4 cm³/mol. The van der Waals surface area contributed by atoms with Crippen LogP contribution in [0.2, 0.25) is 0 Å². The lowest BCUT2D eigenvalue weighted by atomic mass is 10.2. The van der Waals surface area contributed by atoms with E-state index in [-0.39, 0.29) is 12.0 Å². The second-order valence-corrected chi connectivity index (χ2v) is 6.45. The molecule has 9 heteroatoms. The Labute approximate surface area is 155 Å². The highest BCUT2D eigenvalue weighted by atomic mass is 16.5. The van der Waals surface area contributed by atoms with Crippen LogP contribution >= 0.6 is 0 Å². The molecule has 1 atom stereocenters. The number of aromatic nitrogens is 5. The smallest absolute Gasteiger partial charge is 0.258 e. The highest BCUT2D eigenvalue weighted by molar-refractivity contribution is 5.95. The lowest BCUT2D eigenvalue weighted by Gasteiger charge is -2.10. The summed E-state index contributed by atoms with van der Waals surface area (Å²) in [5, 5.41) is 11.0. The van der Waals surface area contributed by atoms with Crippen molar-refractivity contribution in [1.29, 1.82) is 0 Å². The van der Waals surface area contributed by atoms with Gasteiger partial charge in [0.1, 0.15) is 0 Å².